The predicted molar refractivity (Wildman–Crippen MR) is 153 cm³/mol. The number of hydrogen-bond donors (Lipinski definition) is 4. The van der Waals surface area contributed by atoms with E-state index in [0.29, 0.717) is 34.9 Å². The molecule has 2 aromatic rings. The number of ether oxygens (including phenoxy) is 5. The van der Waals surface area contributed by atoms with Gasteiger partial charge in [0.1, 0.15) is 6.61 Å². The van der Waals surface area contributed by atoms with Crippen LogP contribution in [0.15, 0.2) is 46.7 Å². The van der Waals surface area contributed by atoms with Gasteiger partial charge in [-0.3, -0.25) is 5.43 Å². The van der Waals surface area contributed by atoms with Gasteiger partial charge in [-0.25, -0.2) is 14.4 Å². The molecule has 0 aliphatic carbocycles. The highest BCUT2D eigenvalue weighted by atomic mass is 35.5. The maximum atomic E-state index is 12.4. The molecule has 0 saturated heterocycles. The van der Waals surface area contributed by atoms with Crippen molar-refractivity contribution in [3.63, 3.8) is 0 Å². The third-order valence-corrected chi connectivity index (χ3v) is 6.25. The summed E-state index contributed by atoms with van der Waals surface area (Å²) in [5, 5.41) is 19.9. The van der Waals surface area contributed by atoms with Crippen molar-refractivity contribution in [2.45, 2.75) is 26.1 Å². The van der Waals surface area contributed by atoms with Crippen LogP contribution in [-0.2, 0) is 19.1 Å². The van der Waals surface area contributed by atoms with Gasteiger partial charge in [-0.15, -0.1) is 0 Å². The van der Waals surface area contributed by atoms with Crippen molar-refractivity contribution in [1.29, 1.82) is 0 Å². The number of halogens is 2. The standard InChI is InChI=1S/C27H30Cl2N4O9/c1-5-40-20-10-16(24-23(26(36)39-4)14(2)31-27(37)32-24)6-7-19(20)41-12-21(34)33-30-11-15-8-17(28)25(18(29)9-15)42-13-22(35)38-3/h6-11,21,24,33-34H,5,12-13H2,1-4H3,(H2,31,32,37)/b30-11-/t21-,24-/m1/s1. The first kappa shape index (κ1) is 32.3. The number of benzene rings is 2. The predicted octanol–water partition coefficient (Wildman–Crippen LogP) is 3.07. The van der Waals surface area contributed by atoms with Gasteiger partial charge >= 0.3 is 18.0 Å². The van der Waals surface area contributed by atoms with Gasteiger partial charge in [-0.1, -0.05) is 29.3 Å². The van der Waals surface area contributed by atoms with E-state index in [0.717, 1.165) is 0 Å². The normalized spacial score (nSPS) is 15.4. The van der Waals surface area contributed by atoms with Crippen LogP contribution < -0.4 is 30.3 Å². The monoisotopic (exact) mass is 624 g/mol. The SMILES string of the molecule is CCOc1cc([C@H]2NC(=O)NC(C)=C2C(=O)OC)ccc1OC[C@@H](O)N/N=C\c1cc(Cl)c(OCC(=O)OC)c(Cl)c1. The first-order valence-corrected chi connectivity index (χ1v) is 13.2. The number of hydrazone groups is 1. The lowest BCUT2D eigenvalue weighted by atomic mass is 9.95. The van der Waals surface area contributed by atoms with Crippen LogP contribution in [0.2, 0.25) is 10.0 Å². The highest BCUT2D eigenvalue weighted by Crippen LogP contribution is 2.35. The molecule has 1 aliphatic heterocycles. The summed E-state index contributed by atoms with van der Waals surface area (Å²) in [5.74, 6) is -0.419. The van der Waals surface area contributed by atoms with Crippen molar-refractivity contribution < 1.29 is 43.2 Å². The fourth-order valence-electron chi connectivity index (χ4n) is 3.80. The molecule has 42 heavy (non-hydrogen) atoms. The van der Waals surface area contributed by atoms with Gasteiger partial charge in [-0.2, -0.15) is 5.10 Å². The molecular weight excluding hydrogens is 595 g/mol. The number of amides is 2. The second-order valence-electron chi connectivity index (χ2n) is 8.59. The van der Waals surface area contributed by atoms with E-state index in [4.69, 9.17) is 42.1 Å². The van der Waals surface area contributed by atoms with E-state index in [1.54, 1.807) is 32.0 Å². The van der Waals surface area contributed by atoms with Gasteiger partial charge in [0.05, 0.1) is 48.7 Å². The number of nitrogens with zero attached hydrogens (tertiary/aromatic N) is 1. The van der Waals surface area contributed by atoms with Gasteiger partial charge < -0.3 is 39.4 Å². The smallest absolute Gasteiger partial charge is 0.343 e. The number of methoxy groups -OCH3 is 2. The first-order chi connectivity index (χ1) is 20.1. The number of aliphatic hydroxyl groups is 1. The number of rotatable bonds is 13. The third kappa shape index (κ3) is 8.41. The Labute approximate surface area is 251 Å². The minimum absolute atomic E-state index is 0.119. The van der Waals surface area contributed by atoms with Crippen LogP contribution in [0.25, 0.3) is 0 Å². The highest BCUT2D eigenvalue weighted by Gasteiger charge is 2.32. The maximum Gasteiger partial charge on any atom is 0.343 e. The van der Waals surface area contributed by atoms with Crippen LogP contribution in [-0.4, -0.2) is 69.6 Å². The molecule has 226 valence electrons. The Morgan fingerprint density at radius 1 is 1.10 bits per heavy atom. The topological polar surface area (TPSA) is 166 Å². The van der Waals surface area contributed by atoms with Crippen molar-refractivity contribution in [1.82, 2.24) is 16.1 Å². The number of hydrogen-bond acceptors (Lipinski definition) is 11. The Morgan fingerprint density at radius 3 is 2.45 bits per heavy atom. The quantitative estimate of drug-likeness (QED) is 0.113. The summed E-state index contributed by atoms with van der Waals surface area (Å²) in [6, 6.07) is 6.67. The zero-order valence-electron chi connectivity index (χ0n) is 23.2. The molecule has 1 aliphatic rings. The second kappa shape index (κ2) is 15.1. The van der Waals surface area contributed by atoms with Crippen molar-refractivity contribution in [3.05, 3.63) is 62.8 Å². The molecule has 2 aromatic carbocycles. The number of nitrogens with one attached hydrogen (secondary N) is 3. The lowest BCUT2D eigenvalue weighted by molar-refractivity contribution is -0.143. The highest BCUT2D eigenvalue weighted by molar-refractivity contribution is 6.37. The summed E-state index contributed by atoms with van der Waals surface area (Å²) in [7, 11) is 2.49. The minimum atomic E-state index is -1.22. The third-order valence-electron chi connectivity index (χ3n) is 5.69. The van der Waals surface area contributed by atoms with Crippen LogP contribution in [0, 0.1) is 0 Å². The molecule has 0 spiro atoms. The Balaban J connectivity index is 1.65. The summed E-state index contributed by atoms with van der Waals surface area (Å²) in [6.07, 6.45) is 0.150. The van der Waals surface area contributed by atoms with E-state index in [2.05, 4.69) is 25.9 Å². The molecule has 13 nitrogen and oxygen atoms in total. The zero-order valence-corrected chi connectivity index (χ0v) is 24.7. The fourth-order valence-corrected chi connectivity index (χ4v) is 4.41. The molecule has 15 heteroatoms. The van der Waals surface area contributed by atoms with Crippen molar-refractivity contribution in [2.75, 3.05) is 34.0 Å². The van der Waals surface area contributed by atoms with E-state index < -0.39 is 30.2 Å². The summed E-state index contributed by atoms with van der Waals surface area (Å²) >= 11 is 12.4. The molecule has 4 N–H and O–H groups in total. The fraction of sp³-hybridized carbons (Fsp3) is 0.333. The molecule has 3 rings (SSSR count). The average Bonchev–Trinajstić information content (AvgIpc) is 2.95. The molecule has 0 unspecified atom stereocenters. The molecular formula is C27H30Cl2N4O9. The van der Waals surface area contributed by atoms with Crippen LogP contribution in [0.5, 0.6) is 17.2 Å². The molecule has 0 aromatic heterocycles. The van der Waals surface area contributed by atoms with Gasteiger partial charge in [0.2, 0.25) is 0 Å². The van der Waals surface area contributed by atoms with E-state index in [9.17, 15) is 19.5 Å². The van der Waals surface area contributed by atoms with Gasteiger partial charge in [0, 0.05) is 5.70 Å². The van der Waals surface area contributed by atoms with E-state index in [-0.39, 0.29) is 34.6 Å². The molecule has 1 heterocycles. The van der Waals surface area contributed by atoms with Gasteiger partial charge in [0.25, 0.3) is 0 Å². The Bertz CT molecular complexity index is 1360. The summed E-state index contributed by atoms with van der Waals surface area (Å²) in [5.41, 5.74) is 4.19. The molecule has 2 amide bonds. The number of urea groups is 1. The number of esters is 2. The van der Waals surface area contributed by atoms with Crippen LogP contribution in [0.3, 0.4) is 0 Å². The van der Waals surface area contributed by atoms with Crippen LogP contribution in [0.4, 0.5) is 4.79 Å². The molecule has 0 saturated carbocycles. The Kier molecular flexibility index (Phi) is 11.7. The van der Waals surface area contributed by atoms with Crippen molar-refractivity contribution in [3.8, 4) is 17.2 Å². The minimum Gasteiger partial charge on any atom is -0.490 e. The van der Waals surface area contributed by atoms with Crippen LogP contribution in [0.1, 0.15) is 31.0 Å². The first-order valence-electron chi connectivity index (χ1n) is 12.5. The largest absolute Gasteiger partial charge is 0.490 e. The molecule has 0 fully saturated rings. The van der Waals surface area contributed by atoms with E-state index in [1.807, 2.05) is 0 Å². The molecule has 0 bridgehead atoms. The van der Waals surface area contributed by atoms with Gasteiger partial charge in [-0.05, 0) is 49.2 Å². The number of carbonyl (C=O) groups excluding carboxylic acids is 3. The van der Waals surface area contributed by atoms with Crippen molar-refractivity contribution >= 4 is 47.4 Å². The Hall–Kier alpha value is -4.20. The van der Waals surface area contributed by atoms with E-state index >= 15 is 0 Å². The number of aliphatic hydroxyl groups excluding tert-OH is 1. The lowest BCUT2D eigenvalue weighted by Gasteiger charge is -2.28. The molecule has 2 atom stereocenters. The zero-order chi connectivity index (χ0) is 30.8. The molecule has 0 radical (unpaired) electrons. The summed E-state index contributed by atoms with van der Waals surface area (Å²) < 4.78 is 26.1. The number of carbonyl (C=O) groups is 3. The summed E-state index contributed by atoms with van der Waals surface area (Å²) in [6.45, 7) is 3.13. The number of allylic oxidation sites excluding steroid dienone is 1. The summed E-state index contributed by atoms with van der Waals surface area (Å²) in [4.78, 5) is 35.8. The lowest BCUT2D eigenvalue weighted by Crippen LogP contribution is -2.45. The average molecular weight is 625 g/mol. The second-order valence-corrected chi connectivity index (χ2v) is 9.41. The van der Waals surface area contributed by atoms with Gasteiger partial charge in [0.15, 0.2) is 30.1 Å². The van der Waals surface area contributed by atoms with Crippen molar-refractivity contribution in [2.24, 2.45) is 5.10 Å². The Morgan fingerprint density at radius 2 is 1.81 bits per heavy atom. The maximum absolute atomic E-state index is 12.4. The van der Waals surface area contributed by atoms with Crippen LogP contribution >= 0.6 is 23.2 Å². The van der Waals surface area contributed by atoms with E-state index in [1.165, 1.54) is 32.6 Å².